The molecule has 17 heavy (non-hydrogen) atoms. The molecule has 2 heterocycles. The molecule has 0 aliphatic carbocycles. The zero-order chi connectivity index (χ0) is 12.4. The molecule has 5 nitrogen and oxygen atoms in total. The molecule has 6 heteroatoms. The average Bonchev–Trinajstić information content (AvgIpc) is 2.26. The summed E-state index contributed by atoms with van der Waals surface area (Å²) in [4.78, 5) is 15.8. The number of rotatable bonds is 3. The minimum atomic E-state index is -0.482. The zero-order valence-corrected chi connectivity index (χ0v) is 11.0. The summed E-state index contributed by atoms with van der Waals surface area (Å²) >= 11 is 3.31. The van der Waals surface area contributed by atoms with E-state index in [-0.39, 0.29) is 11.9 Å². The van der Waals surface area contributed by atoms with Crippen molar-refractivity contribution in [3.8, 4) is 5.75 Å². The lowest BCUT2D eigenvalue weighted by Crippen LogP contribution is -2.38. The number of aromatic nitrogens is 1. The molecule has 1 amide bonds. The van der Waals surface area contributed by atoms with Gasteiger partial charge in [0.1, 0.15) is 0 Å². The van der Waals surface area contributed by atoms with Crippen molar-refractivity contribution in [1.29, 1.82) is 0 Å². The van der Waals surface area contributed by atoms with Gasteiger partial charge in [0, 0.05) is 16.7 Å². The number of hydrogen-bond donors (Lipinski definition) is 2. The predicted molar refractivity (Wildman–Crippen MR) is 67.9 cm³/mol. The Balaban J connectivity index is 2.11. The van der Waals surface area contributed by atoms with Gasteiger partial charge in [-0.3, -0.25) is 4.79 Å². The van der Waals surface area contributed by atoms with Gasteiger partial charge in [-0.25, -0.2) is 4.98 Å². The smallest absolute Gasteiger partial charge is 0.266 e. The summed E-state index contributed by atoms with van der Waals surface area (Å²) in [6.45, 7) is 1.91. The Morgan fingerprint density at radius 2 is 2.47 bits per heavy atom. The summed E-state index contributed by atoms with van der Waals surface area (Å²) in [6, 6.07) is 1.86. The van der Waals surface area contributed by atoms with E-state index in [9.17, 15) is 4.79 Å². The van der Waals surface area contributed by atoms with E-state index in [1.54, 1.807) is 12.3 Å². The molecule has 0 spiro atoms. The van der Waals surface area contributed by atoms with Gasteiger partial charge in [-0.05, 0) is 41.8 Å². The number of pyridine rings is 1. The third kappa shape index (κ3) is 2.95. The molecular formula is C11H14BrN3O2. The third-order valence-electron chi connectivity index (χ3n) is 2.51. The van der Waals surface area contributed by atoms with Crippen LogP contribution in [0.1, 0.15) is 19.8 Å². The Morgan fingerprint density at radius 1 is 1.71 bits per heavy atom. The first kappa shape index (κ1) is 12.3. The minimum Gasteiger partial charge on any atom is -0.477 e. The van der Waals surface area contributed by atoms with Crippen molar-refractivity contribution < 1.29 is 9.53 Å². The minimum absolute atomic E-state index is 0.0634. The summed E-state index contributed by atoms with van der Waals surface area (Å²) in [5.74, 6) is 0.900. The monoisotopic (exact) mass is 299 g/mol. The van der Waals surface area contributed by atoms with Crippen LogP contribution < -0.4 is 15.8 Å². The fourth-order valence-corrected chi connectivity index (χ4v) is 1.92. The number of hydrogen-bond acceptors (Lipinski definition) is 4. The van der Waals surface area contributed by atoms with Crippen LogP contribution in [-0.2, 0) is 4.79 Å². The molecule has 92 valence electrons. The Morgan fingerprint density at radius 3 is 3.18 bits per heavy atom. The maximum absolute atomic E-state index is 11.7. The van der Waals surface area contributed by atoms with Gasteiger partial charge < -0.3 is 15.8 Å². The average molecular weight is 300 g/mol. The van der Waals surface area contributed by atoms with Crippen molar-refractivity contribution in [2.75, 3.05) is 5.32 Å². The van der Waals surface area contributed by atoms with Gasteiger partial charge in [0.05, 0.1) is 0 Å². The van der Waals surface area contributed by atoms with Gasteiger partial charge in [0.2, 0.25) is 0 Å². The van der Waals surface area contributed by atoms with E-state index in [1.165, 1.54) is 0 Å². The number of carbonyl (C=O) groups excluding carboxylic acids is 1. The van der Waals surface area contributed by atoms with Crippen LogP contribution in [0.4, 0.5) is 5.82 Å². The fourth-order valence-electron chi connectivity index (χ4n) is 1.61. The van der Waals surface area contributed by atoms with Crippen LogP contribution >= 0.6 is 15.9 Å². The number of amides is 1. The summed E-state index contributed by atoms with van der Waals surface area (Å²) in [5.41, 5.74) is 5.67. The third-order valence-corrected chi connectivity index (χ3v) is 2.94. The standard InChI is InChI=1S/C11H14BrN3O2/c1-6(13)2-3-8-11(16)15-10-9(17-8)4-7(12)5-14-10/h4-6,8H,2-3,13H2,1H3,(H,14,15,16). The van der Waals surface area contributed by atoms with E-state index < -0.39 is 6.10 Å². The van der Waals surface area contributed by atoms with E-state index in [1.807, 2.05) is 6.92 Å². The van der Waals surface area contributed by atoms with E-state index >= 15 is 0 Å². The molecular weight excluding hydrogens is 286 g/mol. The lowest BCUT2D eigenvalue weighted by Gasteiger charge is -2.25. The van der Waals surface area contributed by atoms with Gasteiger partial charge in [0.25, 0.3) is 5.91 Å². The van der Waals surface area contributed by atoms with Gasteiger partial charge >= 0.3 is 0 Å². The highest BCUT2D eigenvalue weighted by Gasteiger charge is 2.28. The van der Waals surface area contributed by atoms with Crippen molar-refractivity contribution in [1.82, 2.24) is 4.98 Å². The van der Waals surface area contributed by atoms with Crippen LogP contribution in [0, 0.1) is 0 Å². The number of nitrogens with zero attached hydrogens (tertiary/aromatic N) is 1. The number of ether oxygens (including phenoxy) is 1. The van der Waals surface area contributed by atoms with Crippen molar-refractivity contribution >= 4 is 27.7 Å². The second-order valence-electron chi connectivity index (χ2n) is 4.15. The van der Waals surface area contributed by atoms with Gasteiger partial charge in [-0.15, -0.1) is 0 Å². The Hall–Kier alpha value is -1.14. The van der Waals surface area contributed by atoms with Crippen molar-refractivity contribution in [2.45, 2.75) is 31.9 Å². The van der Waals surface area contributed by atoms with E-state index in [0.717, 1.165) is 10.9 Å². The van der Waals surface area contributed by atoms with E-state index in [0.29, 0.717) is 18.0 Å². The molecule has 3 N–H and O–H groups in total. The van der Waals surface area contributed by atoms with Gasteiger partial charge in [-0.2, -0.15) is 0 Å². The van der Waals surface area contributed by atoms with Crippen LogP contribution in [-0.4, -0.2) is 23.0 Å². The highest BCUT2D eigenvalue weighted by Crippen LogP contribution is 2.30. The van der Waals surface area contributed by atoms with Crippen LogP contribution in [0.15, 0.2) is 16.7 Å². The number of halogens is 1. The molecule has 1 aliphatic rings. The summed E-state index contributed by atoms with van der Waals surface area (Å²) in [5, 5.41) is 2.72. The maximum Gasteiger partial charge on any atom is 0.266 e. The lowest BCUT2D eigenvalue weighted by molar-refractivity contribution is -0.123. The highest BCUT2D eigenvalue weighted by molar-refractivity contribution is 9.10. The highest BCUT2D eigenvalue weighted by atomic mass is 79.9. The quantitative estimate of drug-likeness (QED) is 0.890. The lowest BCUT2D eigenvalue weighted by atomic mass is 10.1. The molecule has 2 atom stereocenters. The number of nitrogens with two attached hydrogens (primary N) is 1. The first-order valence-electron chi connectivity index (χ1n) is 5.45. The molecule has 2 rings (SSSR count). The number of fused-ring (bicyclic) bond motifs is 1. The molecule has 1 aromatic rings. The van der Waals surface area contributed by atoms with Crippen molar-refractivity contribution in [2.24, 2.45) is 5.73 Å². The SMILES string of the molecule is CC(N)CCC1Oc2cc(Br)cnc2NC1=O. The second-order valence-corrected chi connectivity index (χ2v) is 5.07. The second kappa shape index (κ2) is 5.01. The molecule has 1 aliphatic heterocycles. The van der Waals surface area contributed by atoms with E-state index in [2.05, 4.69) is 26.2 Å². The molecule has 0 aromatic carbocycles. The normalized spacial score (nSPS) is 20.2. The fraction of sp³-hybridized carbons (Fsp3) is 0.455. The first-order chi connectivity index (χ1) is 8.06. The Labute approximate surface area is 108 Å². The molecule has 0 fully saturated rings. The predicted octanol–water partition coefficient (Wildman–Crippen LogP) is 1.67. The first-order valence-corrected chi connectivity index (χ1v) is 6.24. The largest absolute Gasteiger partial charge is 0.477 e. The molecule has 0 saturated heterocycles. The molecule has 0 radical (unpaired) electrons. The van der Waals surface area contributed by atoms with Crippen LogP contribution in [0.3, 0.4) is 0 Å². The number of nitrogens with one attached hydrogen (secondary N) is 1. The maximum atomic E-state index is 11.7. The summed E-state index contributed by atoms with van der Waals surface area (Å²) in [6.07, 6.45) is 2.49. The Bertz CT molecular complexity index is 437. The Kier molecular flexibility index (Phi) is 3.63. The van der Waals surface area contributed by atoms with Crippen LogP contribution in [0.25, 0.3) is 0 Å². The van der Waals surface area contributed by atoms with Crippen LogP contribution in [0.2, 0.25) is 0 Å². The number of carbonyl (C=O) groups is 1. The van der Waals surface area contributed by atoms with Gasteiger partial charge in [-0.1, -0.05) is 0 Å². The van der Waals surface area contributed by atoms with Gasteiger partial charge in [0.15, 0.2) is 17.7 Å². The summed E-state index contributed by atoms with van der Waals surface area (Å²) < 4.78 is 6.43. The summed E-state index contributed by atoms with van der Waals surface area (Å²) in [7, 11) is 0. The van der Waals surface area contributed by atoms with E-state index in [4.69, 9.17) is 10.5 Å². The zero-order valence-electron chi connectivity index (χ0n) is 9.44. The van der Waals surface area contributed by atoms with Crippen molar-refractivity contribution in [3.05, 3.63) is 16.7 Å². The number of anilines is 1. The molecule has 0 bridgehead atoms. The molecule has 2 unspecified atom stereocenters. The molecule has 0 saturated carbocycles. The molecule has 1 aromatic heterocycles. The van der Waals surface area contributed by atoms with Crippen molar-refractivity contribution in [3.63, 3.8) is 0 Å². The van der Waals surface area contributed by atoms with Crippen LogP contribution in [0.5, 0.6) is 5.75 Å². The topological polar surface area (TPSA) is 77.2 Å².